The number of aliphatic hydroxyl groups excluding tert-OH is 2. The van der Waals surface area contributed by atoms with Gasteiger partial charge in [-0.25, -0.2) is 0 Å². The van der Waals surface area contributed by atoms with Gasteiger partial charge in [-0.1, -0.05) is 36.4 Å². The van der Waals surface area contributed by atoms with E-state index in [2.05, 4.69) is 12.2 Å². The van der Waals surface area contributed by atoms with E-state index in [-0.39, 0.29) is 12.2 Å². The van der Waals surface area contributed by atoms with Crippen molar-refractivity contribution in [3.05, 3.63) is 71.8 Å². The normalized spacial score (nSPS) is 12.5. The van der Waals surface area contributed by atoms with Crippen molar-refractivity contribution in [1.82, 2.24) is 0 Å². The first kappa shape index (κ1) is 23.7. The van der Waals surface area contributed by atoms with E-state index in [9.17, 15) is 5.11 Å². The number of unbranched alkanes of at least 4 members (excludes halogenated alkanes) is 1. The molecule has 2 aromatic carbocycles. The smallest absolute Gasteiger partial charge is 0.181 e. The molecular formula is C23H34N2O3. The van der Waals surface area contributed by atoms with Crippen molar-refractivity contribution < 1.29 is 14.9 Å². The first-order valence-corrected chi connectivity index (χ1v) is 9.55. The maximum Gasteiger partial charge on any atom is 0.181 e. The fraction of sp³-hybridized carbons (Fsp3) is 0.391. The van der Waals surface area contributed by atoms with E-state index in [0.29, 0.717) is 5.69 Å². The number of hydrogen-bond donors (Lipinski definition) is 4. The molecule has 6 N–H and O–H groups in total. The number of ether oxygens (including phenoxy) is 1. The predicted molar refractivity (Wildman–Crippen MR) is 116 cm³/mol. The van der Waals surface area contributed by atoms with Gasteiger partial charge in [0.25, 0.3) is 0 Å². The van der Waals surface area contributed by atoms with Gasteiger partial charge in [-0.05, 0) is 69.9 Å². The van der Waals surface area contributed by atoms with Gasteiger partial charge in [0.2, 0.25) is 0 Å². The van der Waals surface area contributed by atoms with Crippen LogP contribution in [-0.2, 0) is 11.3 Å². The third-order valence-corrected chi connectivity index (χ3v) is 4.20. The largest absolute Gasteiger partial charge is 0.399 e. The molecule has 0 saturated carbocycles. The molecule has 0 aliphatic carbocycles. The van der Waals surface area contributed by atoms with Gasteiger partial charge in [0, 0.05) is 16.9 Å². The van der Waals surface area contributed by atoms with E-state index in [4.69, 9.17) is 21.3 Å². The van der Waals surface area contributed by atoms with E-state index in [1.807, 2.05) is 20.8 Å². The Morgan fingerprint density at radius 3 is 2.04 bits per heavy atom. The van der Waals surface area contributed by atoms with Crippen molar-refractivity contribution in [2.45, 2.75) is 58.5 Å². The standard InChI is InChI=1S/C16H25NO2.C7H9NO/c1-4-5-6-7-12-16(2,3)19-15(18)13-8-10-14(17)11-9-13;8-7-3-1-6(5-9)2-4-7/h4-5,8-11,15,18H,6-7,12,17H2,1-3H3;1-4,9H,5,8H2/b5-4-;. The summed E-state index contributed by atoms with van der Waals surface area (Å²) in [6.07, 6.45) is 6.29. The number of hydrogen-bond acceptors (Lipinski definition) is 5. The van der Waals surface area contributed by atoms with Crippen LogP contribution in [0.4, 0.5) is 11.4 Å². The minimum Gasteiger partial charge on any atom is -0.399 e. The number of rotatable bonds is 8. The highest BCUT2D eigenvalue weighted by Crippen LogP contribution is 2.26. The molecule has 0 saturated heterocycles. The molecule has 1 atom stereocenters. The molecule has 5 nitrogen and oxygen atoms in total. The van der Waals surface area contributed by atoms with E-state index >= 15 is 0 Å². The minimum absolute atomic E-state index is 0.0836. The highest BCUT2D eigenvalue weighted by molar-refractivity contribution is 5.40. The van der Waals surface area contributed by atoms with Gasteiger partial charge in [0.05, 0.1) is 12.2 Å². The highest BCUT2D eigenvalue weighted by atomic mass is 16.6. The molecule has 28 heavy (non-hydrogen) atoms. The quantitative estimate of drug-likeness (QED) is 0.230. The number of benzene rings is 2. The predicted octanol–water partition coefficient (Wildman–Crippen LogP) is 4.56. The molecule has 154 valence electrons. The topological polar surface area (TPSA) is 102 Å². The summed E-state index contributed by atoms with van der Waals surface area (Å²) < 4.78 is 5.73. The molecule has 0 spiro atoms. The van der Waals surface area contributed by atoms with Gasteiger partial charge in [0.1, 0.15) is 0 Å². The Bertz CT molecular complexity index is 695. The van der Waals surface area contributed by atoms with E-state index in [1.54, 1.807) is 48.5 Å². The van der Waals surface area contributed by atoms with Gasteiger partial charge in [0.15, 0.2) is 6.29 Å². The molecule has 2 rings (SSSR count). The molecule has 0 aromatic heterocycles. The van der Waals surface area contributed by atoms with E-state index in [0.717, 1.165) is 36.1 Å². The Kier molecular flexibility index (Phi) is 10.3. The summed E-state index contributed by atoms with van der Waals surface area (Å²) in [7, 11) is 0. The fourth-order valence-electron chi connectivity index (χ4n) is 2.53. The second-order valence-electron chi connectivity index (χ2n) is 7.26. The Balaban J connectivity index is 0.000000362. The maximum absolute atomic E-state index is 10.1. The van der Waals surface area contributed by atoms with Gasteiger partial charge >= 0.3 is 0 Å². The summed E-state index contributed by atoms with van der Waals surface area (Å²) in [6.45, 7) is 6.11. The monoisotopic (exact) mass is 386 g/mol. The van der Waals surface area contributed by atoms with Crippen molar-refractivity contribution in [2.24, 2.45) is 0 Å². The first-order chi connectivity index (χ1) is 13.3. The molecule has 1 unspecified atom stereocenters. The van der Waals surface area contributed by atoms with Crippen LogP contribution in [0.5, 0.6) is 0 Å². The average molecular weight is 387 g/mol. The zero-order valence-corrected chi connectivity index (χ0v) is 17.1. The first-order valence-electron chi connectivity index (χ1n) is 9.55. The Morgan fingerprint density at radius 1 is 1.00 bits per heavy atom. The third kappa shape index (κ3) is 9.55. The molecule has 0 radical (unpaired) electrons. The average Bonchev–Trinajstić information content (AvgIpc) is 2.66. The molecule has 0 amide bonds. The number of nitrogens with two attached hydrogens (primary N) is 2. The van der Waals surface area contributed by atoms with Crippen LogP contribution in [0.25, 0.3) is 0 Å². The van der Waals surface area contributed by atoms with Crippen molar-refractivity contribution in [2.75, 3.05) is 11.5 Å². The van der Waals surface area contributed by atoms with Crippen LogP contribution in [0.1, 0.15) is 57.5 Å². The molecule has 2 aromatic rings. The summed E-state index contributed by atoms with van der Waals surface area (Å²) in [5.41, 5.74) is 13.7. The van der Waals surface area contributed by atoms with Crippen LogP contribution < -0.4 is 11.5 Å². The van der Waals surface area contributed by atoms with Crippen LogP contribution in [0.15, 0.2) is 60.7 Å². The second-order valence-corrected chi connectivity index (χ2v) is 7.26. The lowest BCUT2D eigenvalue weighted by Crippen LogP contribution is -2.26. The summed E-state index contributed by atoms with van der Waals surface area (Å²) in [6, 6.07) is 14.2. The number of aliphatic hydroxyl groups is 2. The third-order valence-electron chi connectivity index (χ3n) is 4.20. The number of nitrogen functional groups attached to an aromatic ring is 2. The van der Waals surface area contributed by atoms with E-state index in [1.165, 1.54) is 0 Å². The fourth-order valence-corrected chi connectivity index (χ4v) is 2.53. The van der Waals surface area contributed by atoms with Gasteiger partial charge in [-0.15, -0.1) is 0 Å². The van der Waals surface area contributed by atoms with Crippen LogP contribution >= 0.6 is 0 Å². The highest BCUT2D eigenvalue weighted by Gasteiger charge is 2.22. The zero-order valence-electron chi connectivity index (χ0n) is 17.1. The molecule has 0 heterocycles. The summed E-state index contributed by atoms with van der Waals surface area (Å²) in [4.78, 5) is 0. The van der Waals surface area contributed by atoms with Gasteiger partial charge < -0.3 is 26.4 Å². The summed E-state index contributed by atoms with van der Waals surface area (Å²) in [5.74, 6) is 0. The molecule has 0 bridgehead atoms. The molecular weight excluding hydrogens is 352 g/mol. The Morgan fingerprint density at radius 2 is 1.54 bits per heavy atom. The van der Waals surface area contributed by atoms with Crippen molar-refractivity contribution >= 4 is 11.4 Å². The van der Waals surface area contributed by atoms with Crippen LogP contribution in [0, 0.1) is 0 Å². The van der Waals surface area contributed by atoms with Crippen molar-refractivity contribution in [1.29, 1.82) is 0 Å². The van der Waals surface area contributed by atoms with Crippen LogP contribution in [0.3, 0.4) is 0 Å². The SMILES string of the molecule is C/C=C\CCCC(C)(C)OC(O)c1ccc(N)cc1.Nc1ccc(CO)cc1. The summed E-state index contributed by atoms with van der Waals surface area (Å²) >= 11 is 0. The lowest BCUT2D eigenvalue weighted by molar-refractivity contribution is -0.179. The minimum atomic E-state index is -0.905. The maximum atomic E-state index is 10.1. The van der Waals surface area contributed by atoms with Gasteiger partial charge in [-0.2, -0.15) is 0 Å². The van der Waals surface area contributed by atoms with Crippen LogP contribution in [-0.4, -0.2) is 15.8 Å². The second kappa shape index (κ2) is 12.2. The summed E-state index contributed by atoms with van der Waals surface area (Å²) in [5, 5.41) is 18.7. The van der Waals surface area contributed by atoms with Gasteiger partial charge in [-0.3, -0.25) is 0 Å². The van der Waals surface area contributed by atoms with Crippen LogP contribution in [0.2, 0.25) is 0 Å². The molecule has 0 aliphatic heterocycles. The molecule has 0 aliphatic rings. The molecule has 5 heteroatoms. The molecule has 0 fully saturated rings. The number of anilines is 2. The van der Waals surface area contributed by atoms with Crippen molar-refractivity contribution in [3.63, 3.8) is 0 Å². The van der Waals surface area contributed by atoms with Crippen molar-refractivity contribution in [3.8, 4) is 0 Å². The zero-order chi connectivity index (χ0) is 21.0. The Hall–Kier alpha value is -2.34. The lowest BCUT2D eigenvalue weighted by atomic mass is 10.0. The lowest BCUT2D eigenvalue weighted by Gasteiger charge is -2.28. The van der Waals surface area contributed by atoms with E-state index < -0.39 is 6.29 Å². The Labute approximate surface area is 168 Å². The number of allylic oxidation sites excluding steroid dienone is 2.